The van der Waals surface area contributed by atoms with Crippen molar-refractivity contribution in [3.63, 3.8) is 0 Å². The maximum Gasteiger partial charge on any atom is 0.308 e. The highest BCUT2D eigenvalue weighted by molar-refractivity contribution is 5.99. The number of benzene rings is 1. The van der Waals surface area contributed by atoms with Crippen LogP contribution in [0.5, 0.6) is 0 Å². The highest BCUT2D eigenvalue weighted by Crippen LogP contribution is 2.30. The summed E-state index contributed by atoms with van der Waals surface area (Å²) in [6.07, 6.45) is 5.72. The van der Waals surface area contributed by atoms with Gasteiger partial charge in [-0.2, -0.15) is 0 Å². The van der Waals surface area contributed by atoms with Gasteiger partial charge in [-0.25, -0.2) is 0 Å². The molecule has 0 saturated carbocycles. The molecule has 0 radical (unpaired) electrons. The molecule has 1 aromatic carbocycles. The van der Waals surface area contributed by atoms with E-state index in [0.29, 0.717) is 6.42 Å². The number of para-hydroxylation sites is 1. The van der Waals surface area contributed by atoms with Crippen molar-refractivity contribution in [2.75, 3.05) is 11.4 Å². The SMILES string of the molecule is C#CCC(N)C(=O)N1CC(C(=O)O)Cc2ccccc21. The van der Waals surface area contributed by atoms with E-state index in [9.17, 15) is 14.7 Å². The maximum absolute atomic E-state index is 12.3. The van der Waals surface area contributed by atoms with E-state index in [-0.39, 0.29) is 18.9 Å². The molecule has 1 aromatic rings. The second kappa shape index (κ2) is 5.76. The number of aliphatic carboxylic acids is 1. The lowest BCUT2D eigenvalue weighted by Crippen LogP contribution is -2.49. The van der Waals surface area contributed by atoms with Gasteiger partial charge in [-0.15, -0.1) is 12.3 Å². The number of hydrogen-bond donors (Lipinski definition) is 2. The van der Waals surface area contributed by atoms with Crippen LogP contribution in [0.15, 0.2) is 24.3 Å². The first-order chi connectivity index (χ1) is 9.54. The van der Waals surface area contributed by atoms with Crippen molar-refractivity contribution in [3.8, 4) is 12.3 Å². The molecule has 0 fully saturated rings. The van der Waals surface area contributed by atoms with Gasteiger partial charge in [0.05, 0.1) is 12.0 Å². The molecule has 2 rings (SSSR count). The second-order valence-corrected chi connectivity index (χ2v) is 4.83. The summed E-state index contributed by atoms with van der Waals surface area (Å²) in [5, 5.41) is 9.20. The highest BCUT2D eigenvalue weighted by atomic mass is 16.4. The fourth-order valence-electron chi connectivity index (χ4n) is 2.38. The molecule has 0 aromatic heterocycles. The zero-order chi connectivity index (χ0) is 14.7. The Hall–Kier alpha value is -2.32. The van der Waals surface area contributed by atoms with Gasteiger partial charge in [-0.3, -0.25) is 9.59 Å². The molecule has 104 valence electrons. The third-order valence-corrected chi connectivity index (χ3v) is 3.42. The van der Waals surface area contributed by atoms with Gasteiger partial charge in [0.25, 0.3) is 0 Å². The second-order valence-electron chi connectivity index (χ2n) is 4.83. The Morgan fingerprint density at radius 1 is 1.50 bits per heavy atom. The van der Waals surface area contributed by atoms with E-state index in [1.54, 1.807) is 6.07 Å². The molecule has 5 heteroatoms. The van der Waals surface area contributed by atoms with Crippen LogP contribution in [0.4, 0.5) is 5.69 Å². The number of amides is 1. The number of terminal acetylenes is 1. The number of anilines is 1. The third-order valence-electron chi connectivity index (χ3n) is 3.42. The van der Waals surface area contributed by atoms with Crippen LogP contribution < -0.4 is 10.6 Å². The van der Waals surface area contributed by atoms with Crippen LogP contribution >= 0.6 is 0 Å². The highest BCUT2D eigenvalue weighted by Gasteiger charge is 2.33. The smallest absolute Gasteiger partial charge is 0.308 e. The van der Waals surface area contributed by atoms with Gasteiger partial charge in [0.2, 0.25) is 5.91 Å². The fraction of sp³-hybridized carbons (Fsp3) is 0.333. The molecular formula is C15H16N2O3. The predicted octanol–water partition coefficient (Wildman–Crippen LogP) is 0.627. The van der Waals surface area contributed by atoms with Gasteiger partial charge in [0.1, 0.15) is 0 Å². The number of carboxylic acids is 1. The van der Waals surface area contributed by atoms with Crippen molar-refractivity contribution in [1.82, 2.24) is 0 Å². The van der Waals surface area contributed by atoms with Gasteiger partial charge in [-0.05, 0) is 18.1 Å². The molecule has 1 heterocycles. The Balaban J connectivity index is 2.34. The summed E-state index contributed by atoms with van der Waals surface area (Å²) in [6, 6.07) is 6.46. The Labute approximate surface area is 117 Å². The number of hydrogen-bond acceptors (Lipinski definition) is 3. The van der Waals surface area contributed by atoms with Crippen LogP contribution in [0.1, 0.15) is 12.0 Å². The molecule has 0 spiro atoms. The molecule has 3 N–H and O–H groups in total. The molecule has 5 nitrogen and oxygen atoms in total. The minimum Gasteiger partial charge on any atom is -0.481 e. The lowest BCUT2D eigenvalue weighted by Gasteiger charge is -2.34. The van der Waals surface area contributed by atoms with Gasteiger partial charge < -0.3 is 15.7 Å². The van der Waals surface area contributed by atoms with Crippen LogP contribution in [-0.4, -0.2) is 29.6 Å². The molecule has 0 bridgehead atoms. The van der Waals surface area contributed by atoms with Crippen molar-refractivity contribution in [3.05, 3.63) is 29.8 Å². The predicted molar refractivity (Wildman–Crippen MR) is 75.1 cm³/mol. The zero-order valence-corrected chi connectivity index (χ0v) is 11.0. The van der Waals surface area contributed by atoms with Gasteiger partial charge in [0, 0.05) is 18.7 Å². The van der Waals surface area contributed by atoms with E-state index in [1.165, 1.54) is 4.90 Å². The minimum absolute atomic E-state index is 0.128. The van der Waals surface area contributed by atoms with Crippen LogP contribution in [0.2, 0.25) is 0 Å². The summed E-state index contributed by atoms with van der Waals surface area (Å²) in [4.78, 5) is 25.0. The Morgan fingerprint density at radius 3 is 2.85 bits per heavy atom. The number of carbonyl (C=O) groups excluding carboxylic acids is 1. The van der Waals surface area contributed by atoms with Crippen molar-refractivity contribution in [1.29, 1.82) is 0 Å². The van der Waals surface area contributed by atoms with Gasteiger partial charge >= 0.3 is 5.97 Å². The summed E-state index contributed by atoms with van der Waals surface area (Å²) in [5.41, 5.74) is 7.32. The molecule has 20 heavy (non-hydrogen) atoms. The van der Waals surface area contributed by atoms with Crippen molar-refractivity contribution >= 4 is 17.6 Å². The molecule has 1 aliphatic heterocycles. The number of fused-ring (bicyclic) bond motifs is 1. The van der Waals surface area contributed by atoms with E-state index < -0.39 is 17.9 Å². The Bertz CT molecular complexity index is 577. The summed E-state index contributed by atoms with van der Waals surface area (Å²) in [6.45, 7) is 0.128. The Morgan fingerprint density at radius 2 is 2.20 bits per heavy atom. The summed E-state index contributed by atoms with van der Waals surface area (Å²) in [5.74, 6) is 0.492. The van der Waals surface area contributed by atoms with Crippen LogP contribution in [0.3, 0.4) is 0 Å². The van der Waals surface area contributed by atoms with E-state index in [2.05, 4.69) is 5.92 Å². The number of carboxylic acid groups (broad SMARTS) is 1. The zero-order valence-electron chi connectivity index (χ0n) is 11.0. The van der Waals surface area contributed by atoms with E-state index in [0.717, 1.165) is 11.3 Å². The van der Waals surface area contributed by atoms with E-state index >= 15 is 0 Å². The molecular weight excluding hydrogens is 256 g/mol. The first-order valence-corrected chi connectivity index (χ1v) is 6.35. The fourth-order valence-corrected chi connectivity index (χ4v) is 2.38. The largest absolute Gasteiger partial charge is 0.481 e. The number of rotatable bonds is 3. The third kappa shape index (κ3) is 2.65. The topological polar surface area (TPSA) is 83.6 Å². The molecule has 1 amide bonds. The normalized spacial score (nSPS) is 18.8. The lowest BCUT2D eigenvalue weighted by molar-refractivity contribution is -0.141. The van der Waals surface area contributed by atoms with Crippen LogP contribution in [0, 0.1) is 18.3 Å². The molecule has 0 aliphatic carbocycles. The van der Waals surface area contributed by atoms with E-state index in [4.69, 9.17) is 12.2 Å². The molecule has 0 saturated heterocycles. The standard InChI is InChI=1S/C15H16N2O3/c1-2-5-12(16)14(18)17-9-11(15(19)20)8-10-6-3-4-7-13(10)17/h1,3-4,6-7,11-12H,5,8-9,16H2,(H,19,20). The average molecular weight is 272 g/mol. The number of carbonyl (C=O) groups is 2. The lowest BCUT2D eigenvalue weighted by atomic mass is 9.92. The van der Waals surface area contributed by atoms with Crippen molar-refractivity contribution in [2.45, 2.75) is 18.9 Å². The monoisotopic (exact) mass is 272 g/mol. The van der Waals surface area contributed by atoms with Crippen molar-refractivity contribution < 1.29 is 14.7 Å². The van der Waals surface area contributed by atoms with Gasteiger partial charge in [-0.1, -0.05) is 18.2 Å². The minimum atomic E-state index is -0.914. The van der Waals surface area contributed by atoms with Crippen LogP contribution in [-0.2, 0) is 16.0 Å². The average Bonchev–Trinajstić information content (AvgIpc) is 2.45. The summed E-state index contributed by atoms with van der Waals surface area (Å²) in [7, 11) is 0. The first-order valence-electron chi connectivity index (χ1n) is 6.35. The molecule has 1 aliphatic rings. The van der Waals surface area contributed by atoms with E-state index in [1.807, 2.05) is 18.2 Å². The van der Waals surface area contributed by atoms with Gasteiger partial charge in [0.15, 0.2) is 0 Å². The quantitative estimate of drug-likeness (QED) is 0.790. The van der Waals surface area contributed by atoms with Crippen molar-refractivity contribution in [2.24, 2.45) is 11.7 Å². The first kappa shape index (κ1) is 14.1. The summed E-state index contributed by atoms with van der Waals surface area (Å²) < 4.78 is 0. The summed E-state index contributed by atoms with van der Waals surface area (Å²) >= 11 is 0. The molecule has 2 atom stereocenters. The van der Waals surface area contributed by atoms with Crippen LogP contribution in [0.25, 0.3) is 0 Å². The Kier molecular flexibility index (Phi) is 4.06. The number of nitrogens with zero attached hydrogens (tertiary/aromatic N) is 1. The number of nitrogens with two attached hydrogens (primary N) is 1. The molecule has 2 unspecified atom stereocenters. The maximum atomic E-state index is 12.3.